The van der Waals surface area contributed by atoms with Crippen LogP contribution in [0.25, 0.3) is 10.9 Å². The van der Waals surface area contributed by atoms with Crippen molar-refractivity contribution in [2.45, 2.75) is 96.9 Å². The number of unbranched alkanes of at least 4 members (excludes halogenated alkanes) is 2. The van der Waals surface area contributed by atoms with E-state index in [0.717, 1.165) is 50.2 Å². The molecule has 3 aromatic rings. The smallest absolute Gasteiger partial charge is 0.328 e. The summed E-state index contributed by atoms with van der Waals surface area (Å²) in [7, 11) is 0. The van der Waals surface area contributed by atoms with Gasteiger partial charge in [-0.2, -0.15) is 4.39 Å². The Morgan fingerprint density at radius 2 is 1.95 bits per heavy atom. The lowest BCUT2D eigenvalue weighted by Gasteiger charge is -2.43. The third-order valence-corrected chi connectivity index (χ3v) is 7.75. The van der Waals surface area contributed by atoms with Gasteiger partial charge in [0.15, 0.2) is 0 Å². The molecule has 2 aliphatic rings. The standard InChI is InChI=1S/C32H44FN5O3/c1-21(2)38-27-25(13-9-14-26(27)29(33)36-38)28(31(39)41-32(3,4)5)37-19-24(20-37)40-18-8-6-7-12-23-16-15-22-11-10-17-34-30(22)35-23/h9,13-16,21,24,28H,6-8,10-12,17-20H2,1-5H3,(H,34,35). The summed E-state index contributed by atoms with van der Waals surface area (Å²) in [5, 5.41) is 7.96. The van der Waals surface area contributed by atoms with Crippen molar-refractivity contribution in [2.75, 3.05) is 31.6 Å². The van der Waals surface area contributed by atoms with Crippen LogP contribution in [0.15, 0.2) is 30.3 Å². The van der Waals surface area contributed by atoms with Crippen LogP contribution in [0.4, 0.5) is 10.2 Å². The Bertz CT molecular complexity index is 1360. The zero-order valence-corrected chi connectivity index (χ0v) is 25.1. The first-order valence-corrected chi connectivity index (χ1v) is 15.1. The number of rotatable bonds is 11. The molecule has 41 heavy (non-hydrogen) atoms. The van der Waals surface area contributed by atoms with Crippen molar-refractivity contribution in [1.82, 2.24) is 19.7 Å². The Balaban J connectivity index is 1.16. The molecule has 5 rings (SSSR count). The molecule has 0 bridgehead atoms. The fourth-order valence-corrected chi connectivity index (χ4v) is 5.74. The molecule has 9 heteroatoms. The predicted octanol–water partition coefficient (Wildman–Crippen LogP) is 6.01. The fourth-order valence-electron chi connectivity index (χ4n) is 5.74. The molecular formula is C32H44FN5O3. The summed E-state index contributed by atoms with van der Waals surface area (Å²) in [5.41, 5.74) is 3.19. The van der Waals surface area contributed by atoms with E-state index in [0.29, 0.717) is 36.2 Å². The van der Waals surface area contributed by atoms with E-state index in [2.05, 4.69) is 27.4 Å². The topological polar surface area (TPSA) is 81.5 Å². The Kier molecular flexibility index (Phi) is 8.94. The van der Waals surface area contributed by atoms with Crippen LogP contribution in [-0.4, -0.2) is 63.6 Å². The van der Waals surface area contributed by atoms with Gasteiger partial charge in [-0.15, -0.1) is 5.10 Å². The van der Waals surface area contributed by atoms with Crippen molar-refractivity contribution < 1.29 is 18.7 Å². The van der Waals surface area contributed by atoms with Gasteiger partial charge in [-0.1, -0.05) is 24.6 Å². The quantitative estimate of drug-likeness (QED) is 0.225. The normalized spacial score (nSPS) is 16.9. The van der Waals surface area contributed by atoms with Gasteiger partial charge >= 0.3 is 5.97 Å². The Labute approximate surface area is 242 Å². The maximum Gasteiger partial charge on any atom is 0.328 e. The van der Waals surface area contributed by atoms with Gasteiger partial charge in [0.1, 0.15) is 17.5 Å². The lowest BCUT2D eigenvalue weighted by molar-refractivity contribution is -0.168. The molecule has 4 heterocycles. The number of likely N-dealkylation sites (tertiary alicyclic amines) is 1. The van der Waals surface area contributed by atoms with Crippen LogP contribution in [0.2, 0.25) is 0 Å². The highest BCUT2D eigenvalue weighted by Gasteiger charge is 2.41. The summed E-state index contributed by atoms with van der Waals surface area (Å²) in [4.78, 5) is 20.4. The molecule has 1 unspecified atom stereocenters. The lowest BCUT2D eigenvalue weighted by atomic mass is 9.97. The van der Waals surface area contributed by atoms with Crippen LogP contribution in [0.5, 0.6) is 0 Å². The average molecular weight is 566 g/mol. The molecular weight excluding hydrogens is 521 g/mol. The summed E-state index contributed by atoms with van der Waals surface area (Å²) in [6, 6.07) is 9.04. The second kappa shape index (κ2) is 12.4. The van der Waals surface area contributed by atoms with Crippen molar-refractivity contribution in [2.24, 2.45) is 0 Å². The molecule has 0 radical (unpaired) electrons. The van der Waals surface area contributed by atoms with Gasteiger partial charge in [-0.3, -0.25) is 9.58 Å². The number of ether oxygens (including phenoxy) is 2. The van der Waals surface area contributed by atoms with Crippen molar-refractivity contribution in [3.05, 3.63) is 53.1 Å². The van der Waals surface area contributed by atoms with Gasteiger partial charge in [0, 0.05) is 43.5 Å². The van der Waals surface area contributed by atoms with Gasteiger partial charge in [0.25, 0.3) is 0 Å². The summed E-state index contributed by atoms with van der Waals surface area (Å²) in [6.07, 6.45) is 6.46. The van der Waals surface area contributed by atoms with Crippen molar-refractivity contribution in [1.29, 1.82) is 0 Å². The Morgan fingerprint density at radius 1 is 1.15 bits per heavy atom. The average Bonchev–Trinajstić information content (AvgIpc) is 3.25. The van der Waals surface area contributed by atoms with Crippen molar-refractivity contribution in [3.8, 4) is 0 Å². The van der Waals surface area contributed by atoms with E-state index in [4.69, 9.17) is 14.5 Å². The highest BCUT2D eigenvalue weighted by molar-refractivity contribution is 5.89. The molecule has 2 aliphatic heterocycles. The maximum atomic E-state index is 14.7. The van der Waals surface area contributed by atoms with Crippen LogP contribution < -0.4 is 5.32 Å². The van der Waals surface area contributed by atoms with E-state index in [1.165, 1.54) is 12.0 Å². The number of anilines is 1. The third-order valence-electron chi connectivity index (χ3n) is 7.75. The highest BCUT2D eigenvalue weighted by Crippen LogP contribution is 2.36. The maximum absolute atomic E-state index is 14.7. The van der Waals surface area contributed by atoms with E-state index in [9.17, 15) is 9.18 Å². The number of carbonyl (C=O) groups excluding carboxylic acids is 1. The molecule has 1 atom stereocenters. The van der Waals surface area contributed by atoms with Gasteiger partial charge in [-0.25, -0.2) is 9.78 Å². The van der Waals surface area contributed by atoms with Gasteiger partial charge in [-0.05, 0) is 84.4 Å². The molecule has 0 saturated carbocycles. The highest BCUT2D eigenvalue weighted by atomic mass is 19.1. The van der Waals surface area contributed by atoms with Crippen LogP contribution in [0.3, 0.4) is 0 Å². The van der Waals surface area contributed by atoms with E-state index >= 15 is 0 Å². The van der Waals surface area contributed by atoms with Crippen LogP contribution in [0.1, 0.15) is 89.2 Å². The minimum Gasteiger partial charge on any atom is -0.459 e. The van der Waals surface area contributed by atoms with Crippen LogP contribution >= 0.6 is 0 Å². The number of halogens is 1. The number of nitrogens with one attached hydrogen (secondary N) is 1. The molecule has 0 amide bonds. The van der Waals surface area contributed by atoms with E-state index in [1.807, 2.05) is 40.7 Å². The monoisotopic (exact) mass is 565 g/mol. The Hall–Kier alpha value is -3.04. The molecule has 0 spiro atoms. The number of pyridine rings is 1. The number of aromatic nitrogens is 3. The minimum absolute atomic E-state index is 0.0549. The zero-order chi connectivity index (χ0) is 29.1. The second-order valence-corrected chi connectivity index (χ2v) is 12.6. The number of aryl methyl sites for hydroxylation is 2. The molecule has 8 nitrogen and oxygen atoms in total. The van der Waals surface area contributed by atoms with Crippen LogP contribution in [0, 0.1) is 5.95 Å². The van der Waals surface area contributed by atoms with Crippen LogP contribution in [-0.2, 0) is 27.1 Å². The lowest BCUT2D eigenvalue weighted by Crippen LogP contribution is -2.55. The molecule has 1 N–H and O–H groups in total. The Morgan fingerprint density at radius 3 is 2.71 bits per heavy atom. The second-order valence-electron chi connectivity index (χ2n) is 12.6. The summed E-state index contributed by atoms with van der Waals surface area (Å²) >= 11 is 0. The van der Waals surface area contributed by atoms with Gasteiger partial charge < -0.3 is 14.8 Å². The molecule has 1 fully saturated rings. The molecule has 222 valence electrons. The molecule has 1 saturated heterocycles. The largest absolute Gasteiger partial charge is 0.459 e. The number of hydrogen-bond acceptors (Lipinski definition) is 7. The first-order chi connectivity index (χ1) is 19.6. The number of para-hydroxylation sites is 1. The van der Waals surface area contributed by atoms with Gasteiger partial charge in [0.05, 0.1) is 17.0 Å². The minimum atomic E-state index is -0.662. The first-order valence-electron chi connectivity index (χ1n) is 15.1. The first kappa shape index (κ1) is 29.5. The molecule has 0 aliphatic carbocycles. The number of hydrogen-bond donors (Lipinski definition) is 1. The van der Waals surface area contributed by atoms with E-state index < -0.39 is 17.6 Å². The number of esters is 1. The fraction of sp³-hybridized carbons (Fsp3) is 0.594. The third kappa shape index (κ3) is 6.89. The summed E-state index contributed by atoms with van der Waals surface area (Å²) in [6.45, 7) is 12.4. The van der Waals surface area contributed by atoms with Crippen molar-refractivity contribution in [3.63, 3.8) is 0 Å². The van der Waals surface area contributed by atoms with Crippen molar-refractivity contribution >= 4 is 22.7 Å². The summed E-state index contributed by atoms with van der Waals surface area (Å²) in [5.74, 6) is 0.195. The number of nitrogens with zero attached hydrogens (tertiary/aromatic N) is 4. The molecule has 1 aromatic carbocycles. The van der Waals surface area contributed by atoms with E-state index in [-0.39, 0.29) is 18.1 Å². The number of carbonyl (C=O) groups is 1. The summed E-state index contributed by atoms with van der Waals surface area (Å²) < 4.78 is 28.4. The van der Waals surface area contributed by atoms with E-state index in [1.54, 1.807) is 16.8 Å². The molecule has 2 aromatic heterocycles. The van der Waals surface area contributed by atoms with Gasteiger partial charge in [0.2, 0.25) is 5.95 Å². The predicted molar refractivity (Wildman–Crippen MR) is 159 cm³/mol. The zero-order valence-electron chi connectivity index (χ0n) is 25.1. The SMILES string of the molecule is CC(C)n1nc(F)c2cccc(C(C(=O)OC(C)(C)C)N3CC(OCCCCCc4ccc5c(n4)NCCC5)C3)c21. The number of fused-ring (bicyclic) bond motifs is 2. The number of benzene rings is 1.